The van der Waals surface area contributed by atoms with Gasteiger partial charge in [0, 0.05) is 18.7 Å². The van der Waals surface area contributed by atoms with Crippen molar-refractivity contribution in [1.29, 1.82) is 0 Å². The van der Waals surface area contributed by atoms with Crippen molar-refractivity contribution in [2.45, 2.75) is 45.1 Å². The third-order valence-corrected chi connectivity index (χ3v) is 4.18. The fourth-order valence-corrected chi connectivity index (χ4v) is 2.77. The molecule has 5 heteroatoms. The lowest BCUT2D eigenvalue weighted by molar-refractivity contribution is -0.136. The van der Waals surface area contributed by atoms with Crippen LogP contribution < -0.4 is 10.6 Å². The standard InChI is InChI=1S/C19H26N2O3/c22-18(23)11-13-21-19(24)17-8-6-16(7-9-17)14-20-12-10-15-4-2-1-3-5-15/h4,6-9,20H,1-3,5,10-14H2,(H,21,24)(H,22,23). The van der Waals surface area contributed by atoms with Crippen LogP contribution in [-0.4, -0.2) is 30.1 Å². The Labute approximate surface area is 143 Å². The SMILES string of the molecule is O=C(O)CCNC(=O)c1ccc(CNCCC2=CCCCC2)cc1. The first-order chi connectivity index (χ1) is 11.6. The van der Waals surface area contributed by atoms with Crippen molar-refractivity contribution >= 4 is 11.9 Å². The molecule has 0 saturated heterocycles. The summed E-state index contributed by atoms with van der Waals surface area (Å²) in [7, 11) is 0. The lowest BCUT2D eigenvalue weighted by atomic mass is 9.97. The van der Waals surface area contributed by atoms with Crippen molar-refractivity contribution in [3.05, 3.63) is 47.0 Å². The largest absolute Gasteiger partial charge is 0.481 e. The molecule has 0 saturated carbocycles. The number of nitrogens with one attached hydrogen (secondary N) is 2. The Morgan fingerprint density at radius 2 is 1.88 bits per heavy atom. The highest BCUT2D eigenvalue weighted by Gasteiger charge is 2.06. The maximum Gasteiger partial charge on any atom is 0.305 e. The molecule has 0 fully saturated rings. The average molecular weight is 330 g/mol. The summed E-state index contributed by atoms with van der Waals surface area (Å²) in [5, 5.41) is 14.6. The first-order valence-electron chi connectivity index (χ1n) is 8.63. The quantitative estimate of drug-likeness (QED) is 0.480. The van der Waals surface area contributed by atoms with Gasteiger partial charge in [0.1, 0.15) is 0 Å². The summed E-state index contributed by atoms with van der Waals surface area (Å²) in [6.07, 6.45) is 8.55. The summed E-state index contributed by atoms with van der Waals surface area (Å²) in [5.74, 6) is -1.15. The molecule has 0 aromatic heterocycles. The van der Waals surface area contributed by atoms with Crippen LogP contribution in [-0.2, 0) is 11.3 Å². The van der Waals surface area contributed by atoms with Gasteiger partial charge in [-0.2, -0.15) is 0 Å². The summed E-state index contributed by atoms with van der Waals surface area (Å²) in [6, 6.07) is 7.41. The minimum atomic E-state index is -0.916. The van der Waals surface area contributed by atoms with Crippen molar-refractivity contribution in [3.63, 3.8) is 0 Å². The molecule has 1 aliphatic carbocycles. The maximum atomic E-state index is 11.8. The van der Waals surface area contributed by atoms with Crippen LogP contribution in [0, 0.1) is 0 Å². The van der Waals surface area contributed by atoms with Crippen molar-refractivity contribution in [2.24, 2.45) is 0 Å². The van der Waals surface area contributed by atoms with Crippen LogP contribution in [0.5, 0.6) is 0 Å². The molecule has 0 heterocycles. The number of allylic oxidation sites excluding steroid dienone is 1. The van der Waals surface area contributed by atoms with Crippen LogP contribution in [0.1, 0.15) is 54.4 Å². The third-order valence-electron chi connectivity index (χ3n) is 4.18. The highest BCUT2D eigenvalue weighted by Crippen LogP contribution is 2.19. The Hall–Kier alpha value is -2.14. The Morgan fingerprint density at radius 1 is 1.08 bits per heavy atom. The van der Waals surface area contributed by atoms with Gasteiger partial charge in [-0.1, -0.05) is 23.8 Å². The molecule has 0 spiro atoms. The number of carboxylic acid groups (broad SMARTS) is 1. The van der Waals surface area contributed by atoms with Crippen molar-refractivity contribution in [1.82, 2.24) is 10.6 Å². The van der Waals surface area contributed by atoms with Gasteiger partial charge < -0.3 is 15.7 Å². The zero-order chi connectivity index (χ0) is 17.2. The van der Waals surface area contributed by atoms with Crippen LogP contribution in [0.2, 0.25) is 0 Å². The minimum absolute atomic E-state index is 0.0653. The fraction of sp³-hybridized carbons (Fsp3) is 0.474. The van der Waals surface area contributed by atoms with Crippen molar-refractivity contribution in [3.8, 4) is 0 Å². The van der Waals surface area contributed by atoms with E-state index in [0.717, 1.165) is 25.1 Å². The van der Waals surface area contributed by atoms with Crippen LogP contribution in [0.4, 0.5) is 0 Å². The number of aliphatic carboxylic acids is 1. The highest BCUT2D eigenvalue weighted by molar-refractivity contribution is 5.94. The lowest BCUT2D eigenvalue weighted by Crippen LogP contribution is -2.26. The molecule has 1 aromatic carbocycles. The van der Waals surface area contributed by atoms with Crippen molar-refractivity contribution < 1.29 is 14.7 Å². The number of amides is 1. The smallest absolute Gasteiger partial charge is 0.305 e. The third kappa shape index (κ3) is 6.54. The van der Waals surface area contributed by atoms with Crippen LogP contribution in [0.25, 0.3) is 0 Å². The number of rotatable bonds is 9. The van der Waals surface area contributed by atoms with E-state index < -0.39 is 5.97 Å². The van der Waals surface area contributed by atoms with Gasteiger partial charge in [0.15, 0.2) is 0 Å². The van der Waals surface area contributed by atoms with Crippen molar-refractivity contribution in [2.75, 3.05) is 13.1 Å². The molecule has 0 bridgehead atoms. The summed E-state index contributed by atoms with van der Waals surface area (Å²) in [4.78, 5) is 22.3. The molecule has 1 amide bonds. The minimum Gasteiger partial charge on any atom is -0.481 e. The van der Waals surface area contributed by atoms with Gasteiger partial charge in [-0.05, 0) is 56.3 Å². The number of carbonyl (C=O) groups is 2. The van der Waals surface area contributed by atoms with Gasteiger partial charge in [0.2, 0.25) is 0 Å². The van der Waals surface area contributed by atoms with Crippen LogP contribution in [0.3, 0.4) is 0 Å². The van der Waals surface area contributed by atoms with Gasteiger partial charge in [0.05, 0.1) is 6.42 Å². The molecule has 0 aliphatic heterocycles. The molecule has 0 atom stereocenters. The van der Waals surface area contributed by atoms with E-state index in [0.29, 0.717) is 5.56 Å². The molecule has 5 nitrogen and oxygen atoms in total. The molecule has 0 radical (unpaired) electrons. The first kappa shape index (κ1) is 18.2. The Bertz CT molecular complexity index is 579. The molecule has 0 unspecified atom stereocenters. The van der Waals surface area contributed by atoms with E-state index in [1.54, 1.807) is 17.7 Å². The normalized spacial score (nSPS) is 14.1. The molecule has 3 N–H and O–H groups in total. The van der Waals surface area contributed by atoms with E-state index in [2.05, 4.69) is 16.7 Å². The van der Waals surface area contributed by atoms with Gasteiger partial charge >= 0.3 is 5.97 Å². The molecule has 130 valence electrons. The first-order valence-corrected chi connectivity index (χ1v) is 8.63. The molecule has 2 rings (SSSR count). The predicted octanol–water partition coefficient (Wildman–Crippen LogP) is 2.87. The van der Waals surface area contributed by atoms with E-state index in [9.17, 15) is 9.59 Å². The zero-order valence-electron chi connectivity index (χ0n) is 14.0. The number of hydrogen-bond donors (Lipinski definition) is 3. The monoisotopic (exact) mass is 330 g/mol. The molecular formula is C19H26N2O3. The van der Waals surface area contributed by atoms with E-state index in [1.807, 2.05) is 12.1 Å². The Balaban J connectivity index is 1.68. The number of carboxylic acids is 1. The Morgan fingerprint density at radius 3 is 2.54 bits per heavy atom. The van der Waals surface area contributed by atoms with Gasteiger partial charge in [-0.25, -0.2) is 0 Å². The van der Waals surface area contributed by atoms with E-state index >= 15 is 0 Å². The van der Waals surface area contributed by atoms with E-state index in [-0.39, 0.29) is 18.9 Å². The summed E-state index contributed by atoms with van der Waals surface area (Å²) in [6.45, 7) is 1.91. The molecular weight excluding hydrogens is 304 g/mol. The molecule has 1 aliphatic rings. The zero-order valence-corrected chi connectivity index (χ0v) is 14.0. The van der Waals surface area contributed by atoms with E-state index in [1.165, 1.54) is 25.7 Å². The van der Waals surface area contributed by atoms with Gasteiger partial charge in [-0.15, -0.1) is 0 Å². The second-order valence-corrected chi connectivity index (χ2v) is 6.13. The summed E-state index contributed by atoms with van der Waals surface area (Å²) >= 11 is 0. The second kappa shape index (κ2) is 9.88. The van der Waals surface area contributed by atoms with Crippen LogP contribution in [0.15, 0.2) is 35.9 Å². The van der Waals surface area contributed by atoms with Gasteiger partial charge in [0.25, 0.3) is 5.91 Å². The molecule has 24 heavy (non-hydrogen) atoms. The van der Waals surface area contributed by atoms with Crippen LogP contribution >= 0.6 is 0 Å². The average Bonchev–Trinajstić information content (AvgIpc) is 2.60. The van der Waals surface area contributed by atoms with E-state index in [4.69, 9.17) is 5.11 Å². The number of benzene rings is 1. The topological polar surface area (TPSA) is 78.4 Å². The summed E-state index contributed by atoms with van der Waals surface area (Å²) in [5.41, 5.74) is 3.26. The summed E-state index contributed by atoms with van der Waals surface area (Å²) < 4.78 is 0. The lowest BCUT2D eigenvalue weighted by Gasteiger charge is -2.13. The fourth-order valence-electron chi connectivity index (χ4n) is 2.77. The highest BCUT2D eigenvalue weighted by atomic mass is 16.4. The van der Waals surface area contributed by atoms with Gasteiger partial charge in [-0.3, -0.25) is 9.59 Å². The number of hydrogen-bond acceptors (Lipinski definition) is 3. The maximum absolute atomic E-state index is 11.8. The predicted molar refractivity (Wildman–Crippen MR) is 93.9 cm³/mol. The molecule has 1 aromatic rings. The number of carbonyl (C=O) groups excluding carboxylic acids is 1. The second-order valence-electron chi connectivity index (χ2n) is 6.13. The Kier molecular flexibility index (Phi) is 7.49.